The molecule has 2 aromatic heterocycles. The lowest BCUT2D eigenvalue weighted by Crippen LogP contribution is -1.98. The van der Waals surface area contributed by atoms with Crippen molar-refractivity contribution >= 4 is 0 Å². The minimum absolute atomic E-state index is 0.814. The summed E-state index contributed by atoms with van der Waals surface area (Å²) in [7, 11) is 0. The summed E-state index contributed by atoms with van der Waals surface area (Å²) >= 11 is 0. The monoisotopic (exact) mass is 187 g/mol. The van der Waals surface area contributed by atoms with E-state index in [0.29, 0.717) is 0 Å². The van der Waals surface area contributed by atoms with Crippen LogP contribution in [0, 0.1) is 6.92 Å². The Kier molecular flexibility index (Phi) is 2.27. The number of aryl methyl sites for hydroxylation is 1. The highest BCUT2D eigenvalue weighted by Crippen LogP contribution is 2.22. The van der Waals surface area contributed by atoms with Gasteiger partial charge in [-0.1, -0.05) is 6.08 Å². The molecule has 0 atom stereocenters. The van der Waals surface area contributed by atoms with Crippen LogP contribution >= 0.6 is 0 Å². The highest BCUT2D eigenvalue weighted by molar-refractivity contribution is 5.54. The van der Waals surface area contributed by atoms with Crippen molar-refractivity contribution in [2.75, 3.05) is 0 Å². The fourth-order valence-electron chi connectivity index (χ4n) is 1.58. The van der Waals surface area contributed by atoms with E-state index in [2.05, 4.69) is 30.2 Å². The maximum Gasteiger partial charge on any atom is 0.150 e. The van der Waals surface area contributed by atoms with Crippen molar-refractivity contribution in [3.63, 3.8) is 0 Å². The molecule has 0 aliphatic carbocycles. The summed E-state index contributed by atoms with van der Waals surface area (Å²) in [6, 6.07) is 8.02. The summed E-state index contributed by atoms with van der Waals surface area (Å²) in [5.41, 5.74) is 2.32. The van der Waals surface area contributed by atoms with E-state index in [1.165, 1.54) is 5.69 Å². The van der Waals surface area contributed by atoms with Crippen LogP contribution in [-0.4, -0.2) is 4.57 Å². The van der Waals surface area contributed by atoms with Gasteiger partial charge in [-0.3, -0.25) is 0 Å². The van der Waals surface area contributed by atoms with Crippen molar-refractivity contribution in [3.05, 3.63) is 48.9 Å². The predicted octanol–water partition coefficient (Wildman–Crippen LogP) is 3.24. The Morgan fingerprint density at radius 1 is 1.43 bits per heavy atom. The van der Waals surface area contributed by atoms with Crippen LogP contribution in [0.3, 0.4) is 0 Å². The van der Waals surface area contributed by atoms with Gasteiger partial charge in [-0.25, -0.2) is 0 Å². The van der Waals surface area contributed by atoms with Crippen LogP contribution in [0.15, 0.2) is 47.6 Å². The summed E-state index contributed by atoms with van der Waals surface area (Å²) in [4.78, 5) is 0. The second kappa shape index (κ2) is 3.58. The third kappa shape index (κ3) is 1.39. The molecule has 0 saturated carbocycles. The predicted molar refractivity (Wildman–Crippen MR) is 57.1 cm³/mol. The standard InChI is InChI=1S/C12H13NO/c1-3-8-13-10(2)6-7-11(13)12-5-4-9-14-12/h3-7,9H,1,8H2,2H3. The average Bonchev–Trinajstić information content (AvgIpc) is 2.77. The van der Waals surface area contributed by atoms with Gasteiger partial charge in [0.15, 0.2) is 0 Å². The van der Waals surface area contributed by atoms with Crippen molar-refractivity contribution in [2.45, 2.75) is 13.5 Å². The van der Waals surface area contributed by atoms with Crippen molar-refractivity contribution in [1.82, 2.24) is 4.57 Å². The first-order chi connectivity index (χ1) is 6.83. The molecule has 2 heteroatoms. The summed E-state index contributed by atoms with van der Waals surface area (Å²) in [5, 5.41) is 0. The Bertz CT molecular complexity index is 423. The van der Waals surface area contributed by atoms with Gasteiger partial charge in [-0.2, -0.15) is 0 Å². The van der Waals surface area contributed by atoms with Gasteiger partial charge in [0.1, 0.15) is 5.76 Å². The van der Waals surface area contributed by atoms with Crippen LogP contribution in [0.1, 0.15) is 5.69 Å². The average molecular weight is 187 g/mol. The van der Waals surface area contributed by atoms with Crippen LogP contribution in [0.2, 0.25) is 0 Å². The first-order valence-electron chi connectivity index (χ1n) is 4.64. The molecule has 0 bridgehead atoms. The third-order valence-corrected chi connectivity index (χ3v) is 2.28. The van der Waals surface area contributed by atoms with Gasteiger partial charge in [0.05, 0.1) is 12.0 Å². The Balaban J connectivity index is 2.48. The molecule has 0 spiro atoms. The molecule has 2 nitrogen and oxygen atoms in total. The summed E-state index contributed by atoms with van der Waals surface area (Å²) in [6.45, 7) is 6.64. The van der Waals surface area contributed by atoms with E-state index in [0.717, 1.165) is 18.0 Å². The number of nitrogens with zero attached hydrogens (tertiary/aromatic N) is 1. The summed E-state index contributed by atoms with van der Waals surface area (Å²) < 4.78 is 7.54. The van der Waals surface area contributed by atoms with Crippen molar-refractivity contribution in [2.24, 2.45) is 0 Å². The topological polar surface area (TPSA) is 18.1 Å². The van der Waals surface area contributed by atoms with Crippen molar-refractivity contribution in [1.29, 1.82) is 0 Å². The second-order valence-electron chi connectivity index (χ2n) is 3.24. The number of furan rings is 1. The molecule has 2 rings (SSSR count). The van der Waals surface area contributed by atoms with Crippen LogP contribution < -0.4 is 0 Å². The molecule has 0 aliphatic rings. The fraction of sp³-hybridized carbons (Fsp3) is 0.167. The highest BCUT2D eigenvalue weighted by atomic mass is 16.3. The molecule has 72 valence electrons. The molecule has 2 heterocycles. The van der Waals surface area contributed by atoms with Crippen molar-refractivity contribution in [3.8, 4) is 11.5 Å². The van der Waals surface area contributed by atoms with E-state index in [4.69, 9.17) is 4.42 Å². The normalized spacial score (nSPS) is 10.4. The van der Waals surface area contributed by atoms with E-state index in [1.54, 1.807) is 6.26 Å². The first-order valence-corrected chi connectivity index (χ1v) is 4.64. The zero-order chi connectivity index (χ0) is 9.97. The summed E-state index contributed by atoms with van der Waals surface area (Å²) in [6.07, 6.45) is 3.58. The van der Waals surface area contributed by atoms with Crippen LogP contribution in [0.25, 0.3) is 11.5 Å². The molecule has 2 aromatic rings. The smallest absolute Gasteiger partial charge is 0.150 e. The lowest BCUT2D eigenvalue weighted by molar-refractivity contribution is 0.574. The van der Waals surface area contributed by atoms with E-state index >= 15 is 0 Å². The quantitative estimate of drug-likeness (QED) is 0.674. The molecular formula is C12H13NO. The zero-order valence-electron chi connectivity index (χ0n) is 8.23. The van der Waals surface area contributed by atoms with Gasteiger partial charge >= 0.3 is 0 Å². The second-order valence-corrected chi connectivity index (χ2v) is 3.24. The van der Waals surface area contributed by atoms with Crippen LogP contribution in [0.5, 0.6) is 0 Å². The molecule has 0 aliphatic heterocycles. The maximum absolute atomic E-state index is 5.36. The van der Waals surface area contributed by atoms with Gasteiger partial charge < -0.3 is 8.98 Å². The molecule has 0 saturated heterocycles. The minimum Gasteiger partial charge on any atom is -0.463 e. The largest absolute Gasteiger partial charge is 0.463 e. The molecule has 0 fully saturated rings. The lowest BCUT2D eigenvalue weighted by atomic mass is 10.3. The molecule has 0 radical (unpaired) electrons. The highest BCUT2D eigenvalue weighted by Gasteiger charge is 2.07. The minimum atomic E-state index is 0.814. The lowest BCUT2D eigenvalue weighted by Gasteiger charge is -2.06. The summed E-state index contributed by atoms with van der Waals surface area (Å²) in [5.74, 6) is 0.903. The van der Waals surface area contributed by atoms with Gasteiger partial charge in [0.25, 0.3) is 0 Å². The number of rotatable bonds is 3. The van der Waals surface area contributed by atoms with E-state index in [9.17, 15) is 0 Å². The molecule has 0 unspecified atom stereocenters. The Morgan fingerprint density at radius 2 is 2.29 bits per heavy atom. The Labute approximate surface area is 83.5 Å². The van der Waals surface area contributed by atoms with Crippen LogP contribution in [-0.2, 0) is 6.54 Å². The van der Waals surface area contributed by atoms with Crippen molar-refractivity contribution < 1.29 is 4.42 Å². The first kappa shape index (κ1) is 8.88. The fourth-order valence-corrected chi connectivity index (χ4v) is 1.58. The molecule has 14 heavy (non-hydrogen) atoms. The van der Waals surface area contributed by atoms with E-state index in [-0.39, 0.29) is 0 Å². The maximum atomic E-state index is 5.36. The number of hydrogen-bond acceptors (Lipinski definition) is 1. The van der Waals surface area contributed by atoms with E-state index < -0.39 is 0 Å². The third-order valence-electron chi connectivity index (χ3n) is 2.28. The zero-order valence-corrected chi connectivity index (χ0v) is 8.23. The molecule has 0 amide bonds. The molecule has 0 N–H and O–H groups in total. The molecular weight excluding hydrogens is 174 g/mol. The van der Waals surface area contributed by atoms with Gasteiger partial charge in [-0.05, 0) is 31.2 Å². The van der Waals surface area contributed by atoms with Crippen LogP contribution in [0.4, 0.5) is 0 Å². The molecule has 0 aromatic carbocycles. The number of allylic oxidation sites excluding steroid dienone is 1. The Morgan fingerprint density at radius 3 is 2.93 bits per heavy atom. The number of aromatic nitrogens is 1. The van der Waals surface area contributed by atoms with E-state index in [1.807, 2.05) is 18.2 Å². The Hall–Kier alpha value is -1.70. The van der Waals surface area contributed by atoms with Gasteiger partial charge in [-0.15, -0.1) is 6.58 Å². The SMILES string of the molecule is C=CCn1c(C)ccc1-c1ccco1. The van der Waals surface area contributed by atoms with Gasteiger partial charge in [0, 0.05) is 12.2 Å². The van der Waals surface area contributed by atoms with Gasteiger partial charge in [0.2, 0.25) is 0 Å². The number of hydrogen-bond donors (Lipinski definition) is 0.